The van der Waals surface area contributed by atoms with E-state index in [1.807, 2.05) is 0 Å². The maximum Gasteiger partial charge on any atom is 0.142 e. The third-order valence-electron chi connectivity index (χ3n) is 5.09. The summed E-state index contributed by atoms with van der Waals surface area (Å²) in [7, 11) is 0. The predicted octanol–water partition coefficient (Wildman–Crippen LogP) is 4.52. The SMILES string of the molecule is CCCCC1(CC)C(=O)C2CC/C=C\CCC21. The minimum atomic E-state index is 0.0753. The van der Waals surface area contributed by atoms with Crippen LogP contribution in [0.15, 0.2) is 12.2 Å². The van der Waals surface area contributed by atoms with Crippen LogP contribution in [0.4, 0.5) is 0 Å². The molecule has 0 amide bonds. The van der Waals surface area contributed by atoms with Crippen LogP contribution in [0.5, 0.6) is 0 Å². The van der Waals surface area contributed by atoms with Crippen molar-refractivity contribution in [3.63, 3.8) is 0 Å². The molecule has 2 aliphatic rings. The number of carbonyl (C=O) groups is 1. The van der Waals surface area contributed by atoms with Gasteiger partial charge in [-0.2, -0.15) is 0 Å². The normalized spacial score (nSPS) is 38.8. The topological polar surface area (TPSA) is 17.1 Å². The summed E-state index contributed by atoms with van der Waals surface area (Å²) >= 11 is 0. The summed E-state index contributed by atoms with van der Waals surface area (Å²) in [4.78, 5) is 12.5. The number of hydrogen-bond donors (Lipinski definition) is 0. The molecule has 3 atom stereocenters. The second kappa shape index (κ2) is 5.37. The molecular weight excluding hydrogens is 208 g/mol. The Hall–Kier alpha value is -0.590. The Balaban J connectivity index is 2.11. The van der Waals surface area contributed by atoms with Gasteiger partial charge in [0.05, 0.1) is 0 Å². The summed E-state index contributed by atoms with van der Waals surface area (Å²) in [5.41, 5.74) is 0.0753. The van der Waals surface area contributed by atoms with Crippen LogP contribution in [0, 0.1) is 17.3 Å². The van der Waals surface area contributed by atoms with Gasteiger partial charge in [-0.15, -0.1) is 0 Å². The summed E-state index contributed by atoms with van der Waals surface area (Å²) in [6.07, 6.45) is 13.9. The molecule has 1 heteroatoms. The molecule has 1 saturated carbocycles. The van der Waals surface area contributed by atoms with Crippen molar-refractivity contribution in [2.75, 3.05) is 0 Å². The van der Waals surface area contributed by atoms with E-state index in [4.69, 9.17) is 0 Å². The van der Waals surface area contributed by atoms with Gasteiger partial charge in [0.2, 0.25) is 0 Å². The van der Waals surface area contributed by atoms with E-state index in [9.17, 15) is 4.79 Å². The lowest BCUT2D eigenvalue weighted by atomic mass is 9.47. The number of carbonyl (C=O) groups excluding carboxylic acids is 1. The average Bonchev–Trinajstić information content (AvgIpc) is 2.32. The monoisotopic (exact) mass is 234 g/mol. The zero-order chi connectivity index (χ0) is 12.3. The number of fused-ring (bicyclic) bond motifs is 1. The molecule has 1 nitrogen and oxygen atoms in total. The van der Waals surface area contributed by atoms with Crippen LogP contribution >= 0.6 is 0 Å². The average molecular weight is 234 g/mol. The number of ketones is 1. The summed E-state index contributed by atoms with van der Waals surface area (Å²) < 4.78 is 0. The second-order valence-electron chi connectivity index (χ2n) is 5.82. The smallest absolute Gasteiger partial charge is 0.142 e. The lowest BCUT2D eigenvalue weighted by Crippen LogP contribution is -2.57. The first-order valence-corrected chi connectivity index (χ1v) is 7.45. The molecule has 0 spiro atoms. The van der Waals surface area contributed by atoms with Crippen molar-refractivity contribution in [3.8, 4) is 0 Å². The van der Waals surface area contributed by atoms with Gasteiger partial charge in [-0.05, 0) is 44.4 Å². The quantitative estimate of drug-likeness (QED) is 0.654. The second-order valence-corrected chi connectivity index (χ2v) is 5.82. The molecule has 0 bridgehead atoms. The standard InChI is InChI=1S/C16H26O/c1-3-5-12-16(4-2)14-11-9-7-6-8-10-13(14)15(16)17/h6-7,13-14H,3-5,8-12H2,1-2H3/b7-6-. The zero-order valence-corrected chi connectivity index (χ0v) is 11.4. The maximum absolute atomic E-state index is 12.5. The van der Waals surface area contributed by atoms with E-state index in [0.29, 0.717) is 17.6 Å². The van der Waals surface area contributed by atoms with Crippen LogP contribution in [0.25, 0.3) is 0 Å². The van der Waals surface area contributed by atoms with E-state index >= 15 is 0 Å². The van der Waals surface area contributed by atoms with Gasteiger partial charge in [0.25, 0.3) is 0 Å². The van der Waals surface area contributed by atoms with E-state index in [-0.39, 0.29) is 5.41 Å². The molecule has 0 heterocycles. The first-order chi connectivity index (χ1) is 8.26. The Bertz CT molecular complexity index is 305. The third kappa shape index (κ3) is 2.09. The van der Waals surface area contributed by atoms with Gasteiger partial charge >= 0.3 is 0 Å². The van der Waals surface area contributed by atoms with Crippen LogP contribution in [-0.4, -0.2) is 5.78 Å². The first kappa shape index (κ1) is 12.9. The van der Waals surface area contributed by atoms with Crippen molar-refractivity contribution in [2.45, 2.75) is 65.2 Å². The van der Waals surface area contributed by atoms with Gasteiger partial charge < -0.3 is 0 Å². The minimum Gasteiger partial charge on any atom is -0.299 e. The Kier molecular flexibility index (Phi) is 4.06. The molecule has 17 heavy (non-hydrogen) atoms. The highest BCUT2D eigenvalue weighted by atomic mass is 16.1. The van der Waals surface area contributed by atoms with Crippen molar-refractivity contribution in [1.82, 2.24) is 0 Å². The lowest BCUT2D eigenvalue weighted by Gasteiger charge is -2.54. The van der Waals surface area contributed by atoms with E-state index in [0.717, 1.165) is 25.7 Å². The largest absolute Gasteiger partial charge is 0.299 e. The van der Waals surface area contributed by atoms with Crippen LogP contribution in [0.2, 0.25) is 0 Å². The van der Waals surface area contributed by atoms with Crippen molar-refractivity contribution in [1.29, 1.82) is 0 Å². The van der Waals surface area contributed by atoms with Gasteiger partial charge in [0.15, 0.2) is 0 Å². The number of rotatable bonds is 4. The molecule has 0 aromatic carbocycles. The van der Waals surface area contributed by atoms with E-state index in [1.165, 1.54) is 25.7 Å². The molecule has 2 rings (SSSR count). The maximum atomic E-state index is 12.5. The summed E-state index contributed by atoms with van der Waals surface area (Å²) in [5.74, 6) is 1.70. The molecule has 0 saturated heterocycles. The Morgan fingerprint density at radius 2 is 1.94 bits per heavy atom. The highest BCUT2D eigenvalue weighted by Crippen LogP contribution is 2.57. The van der Waals surface area contributed by atoms with Crippen LogP contribution < -0.4 is 0 Å². The van der Waals surface area contributed by atoms with E-state index < -0.39 is 0 Å². The Labute approximate surface area is 106 Å². The fraction of sp³-hybridized carbons (Fsp3) is 0.812. The van der Waals surface area contributed by atoms with Gasteiger partial charge in [-0.25, -0.2) is 0 Å². The van der Waals surface area contributed by atoms with Gasteiger partial charge in [0, 0.05) is 11.3 Å². The highest BCUT2D eigenvalue weighted by Gasteiger charge is 2.58. The molecule has 0 radical (unpaired) electrons. The highest BCUT2D eigenvalue weighted by molar-refractivity contribution is 5.94. The fourth-order valence-corrected chi connectivity index (χ4v) is 4.03. The molecular formula is C16H26O. The molecule has 0 aromatic rings. The van der Waals surface area contributed by atoms with Crippen molar-refractivity contribution < 1.29 is 4.79 Å². The van der Waals surface area contributed by atoms with Crippen molar-refractivity contribution >= 4 is 5.78 Å². The molecule has 0 aromatic heterocycles. The van der Waals surface area contributed by atoms with Crippen LogP contribution in [0.1, 0.15) is 65.2 Å². The molecule has 0 aliphatic heterocycles. The summed E-state index contributed by atoms with van der Waals surface area (Å²) in [6, 6.07) is 0. The molecule has 96 valence electrons. The van der Waals surface area contributed by atoms with E-state index in [2.05, 4.69) is 26.0 Å². The zero-order valence-electron chi connectivity index (χ0n) is 11.4. The minimum absolute atomic E-state index is 0.0753. The molecule has 0 N–H and O–H groups in total. The molecule has 2 aliphatic carbocycles. The number of hydrogen-bond acceptors (Lipinski definition) is 1. The third-order valence-corrected chi connectivity index (χ3v) is 5.09. The number of Topliss-reactive ketones (excluding diaryl/α,β-unsaturated/α-hetero) is 1. The van der Waals surface area contributed by atoms with Crippen LogP contribution in [-0.2, 0) is 4.79 Å². The lowest BCUT2D eigenvalue weighted by molar-refractivity contribution is -0.161. The van der Waals surface area contributed by atoms with Crippen LogP contribution in [0.3, 0.4) is 0 Å². The Morgan fingerprint density at radius 1 is 1.24 bits per heavy atom. The Morgan fingerprint density at radius 3 is 2.59 bits per heavy atom. The summed E-state index contributed by atoms with van der Waals surface area (Å²) in [5, 5.41) is 0. The number of unbranched alkanes of at least 4 members (excludes halogenated alkanes) is 1. The number of allylic oxidation sites excluding steroid dienone is 2. The molecule has 3 unspecified atom stereocenters. The van der Waals surface area contributed by atoms with Crippen molar-refractivity contribution in [2.24, 2.45) is 17.3 Å². The summed E-state index contributed by atoms with van der Waals surface area (Å²) in [6.45, 7) is 4.45. The fourth-order valence-electron chi connectivity index (χ4n) is 4.03. The predicted molar refractivity (Wildman–Crippen MR) is 71.8 cm³/mol. The first-order valence-electron chi connectivity index (χ1n) is 7.45. The molecule has 1 fully saturated rings. The van der Waals surface area contributed by atoms with Gasteiger partial charge in [-0.1, -0.05) is 38.8 Å². The van der Waals surface area contributed by atoms with E-state index in [1.54, 1.807) is 0 Å². The van der Waals surface area contributed by atoms with Gasteiger partial charge in [-0.3, -0.25) is 4.79 Å². The van der Waals surface area contributed by atoms with Crippen molar-refractivity contribution in [3.05, 3.63) is 12.2 Å². The van der Waals surface area contributed by atoms with Gasteiger partial charge in [0.1, 0.15) is 5.78 Å².